The van der Waals surface area contributed by atoms with Gasteiger partial charge < -0.3 is 5.32 Å². The van der Waals surface area contributed by atoms with Gasteiger partial charge in [-0.3, -0.25) is 18.6 Å². The maximum Gasteiger partial charge on any atom is 0.262 e. The average Bonchev–Trinajstić information content (AvgIpc) is 3.08. The minimum Gasteiger partial charge on any atom is -0.352 e. The Kier molecular flexibility index (Phi) is 5.77. The first-order valence-electron chi connectivity index (χ1n) is 9.63. The van der Waals surface area contributed by atoms with Crippen molar-refractivity contribution in [2.45, 2.75) is 32.9 Å². The molecule has 154 valence electrons. The summed E-state index contributed by atoms with van der Waals surface area (Å²) in [5.41, 5.74) is 1.85. The lowest BCUT2D eigenvalue weighted by atomic mass is 10.2. The molecule has 0 saturated carbocycles. The van der Waals surface area contributed by atoms with Crippen molar-refractivity contribution in [2.24, 2.45) is 0 Å². The number of hydrogen-bond acceptors (Lipinski definition) is 4. The third-order valence-corrected chi connectivity index (χ3v) is 6.83. The summed E-state index contributed by atoms with van der Waals surface area (Å²) in [6, 6.07) is 14.8. The number of nitrogens with zero attached hydrogens (tertiary/aromatic N) is 2. The molecule has 0 fully saturated rings. The van der Waals surface area contributed by atoms with E-state index in [2.05, 4.69) is 5.32 Å². The number of halogens is 1. The number of carbonyl (C=O) groups excluding carboxylic acids is 1. The minimum atomic E-state index is -0.231. The van der Waals surface area contributed by atoms with Crippen LogP contribution in [-0.4, -0.2) is 20.9 Å². The van der Waals surface area contributed by atoms with Crippen LogP contribution in [0.1, 0.15) is 20.3 Å². The van der Waals surface area contributed by atoms with Gasteiger partial charge in [0.25, 0.3) is 5.56 Å². The topological polar surface area (TPSA) is 55.5 Å². The normalized spacial score (nSPS) is 12.4. The Bertz CT molecular complexity index is 1390. The second kappa shape index (κ2) is 8.34. The molecule has 5 nitrogen and oxygen atoms in total. The van der Waals surface area contributed by atoms with Crippen molar-refractivity contribution < 1.29 is 4.79 Å². The van der Waals surface area contributed by atoms with Crippen molar-refractivity contribution >= 4 is 57.6 Å². The number of fused-ring (bicyclic) bond motifs is 3. The fourth-order valence-corrected chi connectivity index (χ4v) is 5.20. The number of amides is 1. The molecule has 1 N–H and O–H groups in total. The monoisotopic (exact) mass is 457 g/mol. The van der Waals surface area contributed by atoms with Gasteiger partial charge in [0.15, 0.2) is 3.95 Å². The highest BCUT2D eigenvalue weighted by molar-refractivity contribution is 7.73. The van der Waals surface area contributed by atoms with Crippen LogP contribution >= 0.6 is 35.2 Å². The van der Waals surface area contributed by atoms with Crippen LogP contribution in [0.5, 0.6) is 0 Å². The van der Waals surface area contributed by atoms with Crippen molar-refractivity contribution in [1.82, 2.24) is 14.3 Å². The largest absolute Gasteiger partial charge is 0.352 e. The molecule has 1 atom stereocenters. The van der Waals surface area contributed by atoms with Crippen molar-refractivity contribution in [2.75, 3.05) is 0 Å². The Labute approximate surface area is 187 Å². The Hall–Kier alpha value is -2.48. The van der Waals surface area contributed by atoms with Gasteiger partial charge >= 0.3 is 0 Å². The summed E-state index contributed by atoms with van der Waals surface area (Å²) in [6.45, 7) is 3.84. The van der Waals surface area contributed by atoms with E-state index >= 15 is 0 Å². The van der Waals surface area contributed by atoms with Crippen LogP contribution in [0.15, 0.2) is 53.3 Å². The van der Waals surface area contributed by atoms with E-state index in [1.165, 1.54) is 15.9 Å². The van der Waals surface area contributed by atoms with Crippen LogP contribution in [-0.2, 0) is 11.3 Å². The molecule has 4 rings (SSSR count). The molecule has 0 spiro atoms. The molecular weight excluding hydrogens is 438 g/mol. The molecule has 2 aromatic carbocycles. The standard InChI is InChI=1S/C22H20ClN3O2S2/c1-3-13(2)24-18(27)12-25-20-19(14-8-4-6-10-16(14)23)30-22(29)26(20)17-11-7-5-9-15(17)21(25)28/h4-11,13H,3,12H2,1-2H3,(H,24,27). The number of benzene rings is 2. The number of rotatable bonds is 5. The van der Waals surface area contributed by atoms with Crippen molar-refractivity contribution in [3.05, 3.63) is 67.9 Å². The molecule has 2 heterocycles. The van der Waals surface area contributed by atoms with Crippen LogP contribution in [0.25, 0.3) is 27.0 Å². The first-order valence-corrected chi connectivity index (χ1v) is 11.2. The minimum absolute atomic E-state index is 0.0248. The van der Waals surface area contributed by atoms with Gasteiger partial charge in [-0.1, -0.05) is 48.9 Å². The van der Waals surface area contributed by atoms with E-state index in [1.54, 1.807) is 12.1 Å². The van der Waals surface area contributed by atoms with E-state index < -0.39 is 0 Å². The summed E-state index contributed by atoms with van der Waals surface area (Å²) in [4.78, 5) is 26.9. The van der Waals surface area contributed by atoms with E-state index in [1.807, 2.05) is 54.6 Å². The zero-order chi connectivity index (χ0) is 21.4. The zero-order valence-electron chi connectivity index (χ0n) is 16.5. The summed E-state index contributed by atoms with van der Waals surface area (Å²) in [7, 11) is 0. The van der Waals surface area contributed by atoms with Crippen molar-refractivity contribution in [1.29, 1.82) is 0 Å². The molecule has 4 aromatic rings. The van der Waals surface area contributed by atoms with E-state index in [4.69, 9.17) is 23.8 Å². The summed E-state index contributed by atoms with van der Waals surface area (Å²) in [5.74, 6) is -0.217. The molecule has 1 unspecified atom stereocenters. The van der Waals surface area contributed by atoms with Crippen LogP contribution in [0.2, 0.25) is 5.02 Å². The lowest BCUT2D eigenvalue weighted by Gasteiger charge is -2.15. The predicted molar refractivity (Wildman–Crippen MR) is 126 cm³/mol. The van der Waals surface area contributed by atoms with E-state index in [0.717, 1.165) is 22.4 Å². The van der Waals surface area contributed by atoms with Crippen LogP contribution in [0.3, 0.4) is 0 Å². The first kappa shape index (κ1) is 20.8. The van der Waals surface area contributed by atoms with Gasteiger partial charge in [-0.25, -0.2) is 0 Å². The van der Waals surface area contributed by atoms with Gasteiger partial charge in [0.2, 0.25) is 5.91 Å². The number of nitrogens with one attached hydrogen (secondary N) is 1. The molecule has 0 saturated heterocycles. The fourth-order valence-electron chi connectivity index (χ4n) is 3.45. The Balaban J connectivity index is 2.06. The lowest BCUT2D eigenvalue weighted by Crippen LogP contribution is -2.37. The molecule has 8 heteroatoms. The van der Waals surface area contributed by atoms with Crippen LogP contribution < -0.4 is 10.9 Å². The molecule has 30 heavy (non-hydrogen) atoms. The number of hydrogen-bond donors (Lipinski definition) is 1. The lowest BCUT2D eigenvalue weighted by molar-refractivity contribution is -0.122. The quantitative estimate of drug-likeness (QED) is 0.415. The molecular formula is C22H20ClN3O2S2. The van der Waals surface area contributed by atoms with Gasteiger partial charge in [-0.15, -0.1) is 11.3 Å². The Morgan fingerprint density at radius 2 is 1.90 bits per heavy atom. The Morgan fingerprint density at radius 3 is 2.63 bits per heavy atom. The van der Waals surface area contributed by atoms with E-state index in [-0.39, 0.29) is 24.1 Å². The average molecular weight is 458 g/mol. The maximum absolute atomic E-state index is 13.4. The number of para-hydroxylation sites is 1. The summed E-state index contributed by atoms with van der Waals surface area (Å²) < 4.78 is 3.96. The summed E-state index contributed by atoms with van der Waals surface area (Å²) >= 11 is 13.5. The zero-order valence-corrected chi connectivity index (χ0v) is 18.9. The molecule has 0 aliphatic carbocycles. The molecule has 1 amide bonds. The second-order valence-corrected chi connectivity index (χ2v) is 9.17. The van der Waals surface area contributed by atoms with Gasteiger partial charge in [-0.05, 0) is 43.8 Å². The van der Waals surface area contributed by atoms with Gasteiger partial charge in [-0.2, -0.15) is 0 Å². The number of aromatic nitrogens is 2. The first-order chi connectivity index (χ1) is 14.4. The van der Waals surface area contributed by atoms with Crippen LogP contribution in [0, 0.1) is 3.95 Å². The van der Waals surface area contributed by atoms with Crippen molar-refractivity contribution in [3.8, 4) is 10.4 Å². The third-order valence-electron chi connectivity index (χ3n) is 5.10. The Morgan fingerprint density at radius 1 is 1.20 bits per heavy atom. The van der Waals surface area contributed by atoms with Crippen LogP contribution in [0.4, 0.5) is 0 Å². The highest BCUT2D eigenvalue weighted by Gasteiger charge is 2.21. The van der Waals surface area contributed by atoms with E-state index in [9.17, 15) is 9.59 Å². The number of carbonyl (C=O) groups is 1. The third kappa shape index (κ3) is 3.57. The smallest absolute Gasteiger partial charge is 0.262 e. The highest BCUT2D eigenvalue weighted by Crippen LogP contribution is 2.36. The molecule has 0 radical (unpaired) electrons. The van der Waals surface area contributed by atoms with Gasteiger partial charge in [0, 0.05) is 16.6 Å². The van der Waals surface area contributed by atoms with E-state index in [0.29, 0.717) is 20.0 Å². The molecule has 0 aliphatic heterocycles. The molecule has 0 aliphatic rings. The second-order valence-electron chi connectivity index (χ2n) is 7.12. The molecule has 2 aromatic heterocycles. The predicted octanol–water partition coefficient (Wildman–Crippen LogP) is 5.28. The van der Waals surface area contributed by atoms with Gasteiger partial charge in [0.1, 0.15) is 12.2 Å². The molecule has 0 bridgehead atoms. The summed E-state index contributed by atoms with van der Waals surface area (Å²) in [5, 5.41) is 4.02. The van der Waals surface area contributed by atoms with Gasteiger partial charge in [0.05, 0.1) is 15.8 Å². The summed E-state index contributed by atoms with van der Waals surface area (Å²) in [6.07, 6.45) is 0.808. The fraction of sp³-hybridized carbons (Fsp3) is 0.227. The highest BCUT2D eigenvalue weighted by atomic mass is 35.5. The number of thiazole rings is 1. The SMILES string of the molecule is CCC(C)NC(=O)Cn1c(=O)c2ccccc2n2c(=S)sc(-c3ccccc3Cl)c12. The van der Waals surface area contributed by atoms with Crippen molar-refractivity contribution in [3.63, 3.8) is 0 Å². The maximum atomic E-state index is 13.4.